The van der Waals surface area contributed by atoms with Gasteiger partial charge in [0.25, 0.3) is 0 Å². The van der Waals surface area contributed by atoms with Gasteiger partial charge < -0.3 is 19.5 Å². The molecule has 0 aliphatic rings. The molecule has 0 aliphatic carbocycles. The van der Waals surface area contributed by atoms with Gasteiger partial charge in [-0.05, 0) is 28.7 Å². The maximum atomic E-state index is 6.75. The minimum atomic E-state index is -0.437. The zero-order valence-electron chi connectivity index (χ0n) is 23.7. The number of benzene rings is 4. The first kappa shape index (κ1) is 30.2. The lowest BCUT2D eigenvalue weighted by Gasteiger charge is -2.37. The third-order valence-electron chi connectivity index (χ3n) is 6.96. The monoisotopic (exact) mass is 547 g/mol. The van der Waals surface area contributed by atoms with Crippen molar-refractivity contribution in [2.24, 2.45) is 0 Å². The molecule has 0 saturated carbocycles. The van der Waals surface area contributed by atoms with Gasteiger partial charge in [-0.15, -0.1) is 13.2 Å². The number of nitrogens with one attached hydrogen (secondary N) is 1. The molecule has 212 valence electrons. The summed E-state index contributed by atoms with van der Waals surface area (Å²) in [5.41, 5.74) is 4.47. The standard InChI is InChI=1S/C37H41NO3/c1-3-17-34(38-26-30-18-9-5-10-19-30)36(40-28-32-22-13-7-14-23-32)37(41-29-33-24-15-8-16-25-33)35(4-2)39-27-31-20-11-6-12-21-31/h3-16,18-25,34-38H,1-2,17,26-29H2/t34-,35-,36-,37-/m0/s1. The first-order chi connectivity index (χ1) is 20.3. The lowest BCUT2D eigenvalue weighted by atomic mass is 9.96. The highest BCUT2D eigenvalue weighted by atomic mass is 16.6. The van der Waals surface area contributed by atoms with Crippen LogP contribution in [0.4, 0.5) is 0 Å². The molecule has 4 rings (SSSR count). The average molecular weight is 548 g/mol. The Labute approximate surface area is 245 Å². The van der Waals surface area contributed by atoms with E-state index in [1.807, 2.05) is 72.8 Å². The topological polar surface area (TPSA) is 39.7 Å². The van der Waals surface area contributed by atoms with Crippen molar-refractivity contribution < 1.29 is 14.2 Å². The van der Waals surface area contributed by atoms with E-state index in [0.717, 1.165) is 16.7 Å². The molecule has 0 bridgehead atoms. The van der Waals surface area contributed by atoms with Crippen LogP contribution in [0.2, 0.25) is 0 Å². The van der Waals surface area contributed by atoms with Crippen LogP contribution in [0, 0.1) is 0 Å². The summed E-state index contributed by atoms with van der Waals surface area (Å²) in [6.07, 6.45) is 3.25. The number of hydrogen-bond donors (Lipinski definition) is 1. The molecule has 0 fully saturated rings. The Hall–Kier alpha value is -3.80. The van der Waals surface area contributed by atoms with E-state index in [4.69, 9.17) is 14.2 Å². The maximum Gasteiger partial charge on any atom is 0.115 e. The Morgan fingerprint density at radius 3 is 1.39 bits per heavy atom. The molecule has 1 N–H and O–H groups in total. The normalized spacial score (nSPS) is 14.0. The molecule has 0 spiro atoms. The van der Waals surface area contributed by atoms with E-state index in [1.165, 1.54) is 5.56 Å². The van der Waals surface area contributed by atoms with Gasteiger partial charge in [-0.2, -0.15) is 0 Å². The predicted molar refractivity (Wildman–Crippen MR) is 167 cm³/mol. The Bertz CT molecular complexity index is 1260. The lowest BCUT2D eigenvalue weighted by molar-refractivity contribution is -0.147. The van der Waals surface area contributed by atoms with Gasteiger partial charge in [-0.1, -0.05) is 133 Å². The molecule has 4 atom stereocenters. The highest BCUT2D eigenvalue weighted by molar-refractivity contribution is 5.17. The molecule has 41 heavy (non-hydrogen) atoms. The molecule has 0 unspecified atom stereocenters. The summed E-state index contributed by atoms with van der Waals surface area (Å²) < 4.78 is 19.9. The Morgan fingerprint density at radius 2 is 0.951 bits per heavy atom. The smallest absolute Gasteiger partial charge is 0.115 e. The highest BCUT2D eigenvalue weighted by Gasteiger charge is 2.36. The van der Waals surface area contributed by atoms with Crippen LogP contribution in [0.1, 0.15) is 28.7 Å². The van der Waals surface area contributed by atoms with Gasteiger partial charge in [0.05, 0.1) is 19.8 Å². The molecule has 4 heteroatoms. The average Bonchev–Trinajstić information content (AvgIpc) is 3.04. The van der Waals surface area contributed by atoms with Crippen molar-refractivity contribution in [1.82, 2.24) is 5.32 Å². The fourth-order valence-electron chi connectivity index (χ4n) is 4.77. The summed E-state index contributed by atoms with van der Waals surface area (Å²) in [7, 11) is 0. The van der Waals surface area contributed by atoms with Crippen molar-refractivity contribution in [3.8, 4) is 0 Å². The second kappa shape index (κ2) is 17.1. The molecule has 0 aromatic heterocycles. The van der Waals surface area contributed by atoms with Crippen LogP contribution in [-0.2, 0) is 40.6 Å². The van der Waals surface area contributed by atoms with Gasteiger partial charge in [0.2, 0.25) is 0 Å². The zero-order chi connectivity index (χ0) is 28.5. The van der Waals surface area contributed by atoms with Crippen molar-refractivity contribution in [3.05, 3.63) is 169 Å². The Balaban J connectivity index is 1.63. The number of rotatable bonds is 18. The van der Waals surface area contributed by atoms with Crippen LogP contribution in [0.15, 0.2) is 147 Å². The Kier molecular flexibility index (Phi) is 12.6. The molecular formula is C37H41NO3. The van der Waals surface area contributed by atoms with E-state index in [0.29, 0.717) is 32.8 Å². The molecule has 0 aliphatic heterocycles. The fraction of sp³-hybridized carbons (Fsp3) is 0.243. The second-order valence-electron chi connectivity index (χ2n) is 10.0. The molecule has 0 saturated heterocycles. The van der Waals surface area contributed by atoms with E-state index in [9.17, 15) is 0 Å². The third kappa shape index (κ3) is 9.96. The molecule has 4 aromatic rings. The zero-order valence-corrected chi connectivity index (χ0v) is 23.7. The molecule has 0 radical (unpaired) electrons. The van der Waals surface area contributed by atoms with Gasteiger partial charge >= 0.3 is 0 Å². The van der Waals surface area contributed by atoms with Gasteiger partial charge in [0, 0.05) is 12.6 Å². The summed E-state index contributed by atoms with van der Waals surface area (Å²) in [6, 6.07) is 40.9. The van der Waals surface area contributed by atoms with E-state index < -0.39 is 12.2 Å². The largest absolute Gasteiger partial charge is 0.369 e. The van der Waals surface area contributed by atoms with E-state index in [2.05, 4.69) is 79.1 Å². The molecule has 0 amide bonds. The van der Waals surface area contributed by atoms with E-state index in [1.54, 1.807) is 0 Å². The number of hydrogen-bond acceptors (Lipinski definition) is 4. The van der Waals surface area contributed by atoms with Gasteiger partial charge in [-0.3, -0.25) is 0 Å². The molecular weight excluding hydrogens is 506 g/mol. The quantitative estimate of drug-likeness (QED) is 0.130. The molecule has 4 aromatic carbocycles. The van der Waals surface area contributed by atoms with Gasteiger partial charge in [-0.25, -0.2) is 0 Å². The number of ether oxygens (including phenoxy) is 3. The first-order valence-corrected chi connectivity index (χ1v) is 14.2. The van der Waals surface area contributed by atoms with Crippen molar-refractivity contribution in [2.75, 3.05) is 0 Å². The van der Waals surface area contributed by atoms with E-state index in [-0.39, 0.29) is 12.1 Å². The van der Waals surface area contributed by atoms with Crippen LogP contribution < -0.4 is 5.32 Å². The lowest BCUT2D eigenvalue weighted by Crippen LogP contribution is -2.52. The van der Waals surface area contributed by atoms with Crippen molar-refractivity contribution >= 4 is 0 Å². The predicted octanol–water partition coefficient (Wildman–Crippen LogP) is 7.66. The second-order valence-corrected chi connectivity index (χ2v) is 10.0. The maximum absolute atomic E-state index is 6.75. The molecule has 0 heterocycles. The summed E-state index contributed by atoms with van der Waals surface area (Å²) in [4.78, 5) is 0. The Morgan fingerprint density at radius 1 is 0.537 bits per heavy atom. The SMILES string of the molecule is C=CC[C@H](NCc1ccccc1)[C@H](OCc1ccccc1)[C@@H](OCc1ccccc1)[C@H](C=C)OCc1ccccc1. The van der Waals surface area contributed by atoms with Crippen LogP contribution in [0.5, 0.6) is 0 Å². The first-order valence-electron chi connectivity index (χ1n) is 14.2. The van der Waals surface area contributed by atoms with Gasteiger partial charge in [0.15, 0.2) is 0 Å². The van der Waals surface area contributed by atoms with Crippen LogP contribution in [0.3, 0.4) is 0 Å². The minimum Gasteiger partial charge on any atom is -0.369 e. The van der Waals surface area contributed by atoms with E-state index >= 15 is 0 Å². The van der Waals surface area contributed by atoms with Crippen molar-refractivity contribution in [3.63, 3.8) is 0 Å². The van der Waals surface area contributed by atoms with Crippen LogP contribution >= 0.6 is 0 Å². The summed E-state index contributed by atoms with van der Waals surface area (Å²) in [5.74, 6) is 0. The minimum absolute atomic E-state index is 0.0834. The summed E-state index contributed by atoms with van der Waals surface area (Å²) in [5, 5.41) is 3.74. The van der Waals surface area contributed by atoms with Crippen molar-refractivity contribution in [1.29, 1.82) is 0 Å². The summed E-state index contributed by atoms with van der Waals surface area (Å²) >= 11 is 0. The fourth-order valence-corrected chi connectivity index (χ4v) is 4.77. The highest BCUT2D eigenvalue weighted by Crippen LogP contribution is 2.23. The van der Waals surface area contributed by atoms with Gasteiger partial charge in [0.1, 0.15) is 18.3 Å². The van der Waals surface area contributed by atoms with Crippen molar-refractivity contribution in [2.45, 2.75) is 57.1 Å². The van der Waals surface area contributed by atoms with Crippen LogP contribution in [0.25, 0.3) is 0 Å². The third-order valence-corrected chi connectivity index (χ3v) is 6.96. The summed E-state index contributed by atoms with van der Waals surface area (Å²) in [6.45, 7) is 10.2. The van der Waals surface area contributed by atoms with Crippen LogP contribution in [-0.4, -0.2) is 24.4 Å². The molecule has 4 nitrogen and oxygen atoms in total.